The van der Waals surface area contributed by atoms with E-state index in [2.05, 4.69) is 10.6 Å². The molecular formula is C6H12N2OS. The number of thioether (sulfide) groups is 1. The molecule has 1 rings (SSSR count). The van der Waals surface area contributed by atoms with Gasteiger partial charge in [0, 0.05) is 12.3 Å². The van der Waals surface area contributed by atoms with Crippen molar-refractivity contribution in [2.75, 3.05) is 25.1 Å². The van der Waals surface area contributed by atoms with E-state index in [-0.39, 0.29) is 5.91 Å². The highest BCUT2D eigenvalue weighted by atomic mass is 32.2. The molecule has 0 aromatic carbocycles. The van der Waals surface area contributed by atoms with Crippen LogP contribution < -0.4 is 10.6 Å². The van der Waals surface area contributed by atoms with Crippen molar-refractivity contribution in [3.8, 4) is 0 Å². The number of amides is 1. The molecule has 2 N–H and O–H groups in total. The van der Waals surface area contributed by atoms with Crippen molar-refractivity contribution in [3.05, 3.63) is 0 Å². The van der Waals surface area contributed by atoms with Gasteiger partial charge in [0.15, 0.2) is 0 Å². The maximum atomic E-state index is 10.8. The summed E-state index contributed by atoms with van der Waals surface area (Å²) in [6.45, 7) is 1.39. The van der Waals surface area contributed by atoms with E-state index in [4.69, 9.17) is 0 Å². The summed E-state index contributed by atoms with van der Waals surface area (Å²) in [6.07, 6.45) is 2.04. The van der Waals surface area contributed by atoms with Crippen molar-refractivity contribution in [1.82, 2.24) is 10.6 Å². The number of carbonyl (C=O) groups excluding carboxylic acids is 1. The van der Waals surface area contributed by atoms with E-state index in [0.29, 0.717) is 12.6 Å². The molecule has 1 atom stereocenters. The summed E-state index contributed by atoms with van der Waals surface area (Å²) in [6, 6.07) is 0.330. The van der Waals surface area contributed by atoms with Crippen LogP contribution in [0.3, 0.4) is 0 Å². The van der Waals surface area contributed by atoms with E-state index < -0.39 is 0 Å². The Morgan fingerprint density at radius 3 is 3.20 bits per heavy atom. The lowest BCUT2D eigenvalue weighted by Crippen LogP contribution is -2.53. The van der Waals surface area contributed by atoms with Crippen molar-refractivity contribution in [1.29, 1.82) is 0 Å². The highest BCUT2D eigenvalue weighted by molar-refractivity contribution is 7.98. The molecular weight excluding hydrogens is 148 g/mol. The predicted molar refractivity (Wildman–Crippen MR) is 43.2 cm³/mol. The Bertz CT molecular complexity index is 127. The minimum absolute atomic E-state index is 0.116. The third-order valence-corrected chi connectivity index (χ3v) is 2.14. The summed E-state index contributed by atoms with van der Waals surface area (Å²) in [7, 11) is 0. The number of rotatable bonds is 2. The molecule has 1 heterocycles. The lowest BCUT2D eigenvalue weighted by atomic mass is 10.3. The highest BCUT2D eigenvalue weighted by Gasteiger charge is 2.15. The maximum absolute atomic E-state index is 10.8. The Labute approximate surface area is 64.9 Å². The average Bonchev–Trinajstić information content (AvgIpc) is 1.88. The van der Waals surface area contributed by atoms with Gasteiger partial charge < -0.3 is 10.6 Å². The van der Waals surface area contributed by atoms with Crippen LogP contribution in [0.4, 0.5) is 0 Å². The fourth-order valence-corrected chi connectivity index (χ4v) is 1.59. The molecule has 58 valence electrons. The first-order chi connectivity index (χ1) is 4.83. The van der Waals surface area contributed by atoms with Crippen LogP contribution in [0, 0.1) is 0 Å². The van der Waals surface area contributed by atoms with Crippen molar-refractivity contribution in [2.45, 2.75) is 6.04 Å². The molecule has 4 heteroatoms. The first-order valence-corrected chi connectivity index (χ1v) is 4.71. The van der Waals surface area contributed by atoms with Crippen LogP contribution in [-0.4, -0.2) is 37.0 Å². The molecule has 3 nitrogen and oxygen atoms in total. The van der Waals surface area contributed by atoms with Crippen LogP contribution in [0.5, 0.6) is 0 Å². The monoisotopic (exact) mass is 160 g/mol. The van der Waals surface area contributed by atoms with Gasteiger partial charge >= 0.3 is 0 Å². The topological polar surface area (TPSA) is 41.1 Å². The van der Waals surface area contributed by atoms with Crippen LogP contribution in [-0.2, 0) is 4.79 Å². The minimum Gasteiger partial charge on any atom is -0.350 e. The zero-order valence-electron chi connectivity index (χ0n) is 6.02. The largest absolute Gasteiger partial charge is 0.350 e. The Balaban J connectivity index is 2.25. The first-order valence-electron chi connectivity index (χ1n) is 3.32. The number of hydrogen-bond donors (Lipinski definition) is 2. The van der Waals surface area contributed by atoms with Crippen LogP contribution in [0.15, 0.2) is 0 Å². The van der Waals surface area contributed by atoms with Gasteiger partial charge in [-0.15, -0.1) is 0 Å². The van der Waals surface area contributed by atoms with Crippen LogP contribution in [0.1, 0.15) is 0 Å². The molecule has 1 saturated heterocycles. The van der Waals surface area contributed by atoms with Crippen LogP contribution in [0.2, 0.25) is 0 Å². The second-order valence-corrected chi connectivity index (χ2v) is 3.26. The standard InChI is InChI=1S/C6H12N2OS/c1-10-4-5-2-7-3-6(9)8-5/h5,7H,2-4H2,1H3,(H,8,9)/t5-/m1/s1. The van der Waals surface area contributed by atoms with Gasteiger partial charge in [0.25, 0.3) is 0 Å². The fourth-order valence-electron chi connectivity index (χ4n) is 0.991. The summed E-state index contributed by atoms with van der Waals surface area (Å²) >= 11 is 1.76. The molecule has 0 aromatic heterocycles. The van der Waals surface area contributed by atoms with E-state index >= 15 is 0 Å². The molecule has 1 fully saturated rings. The highest BCUT2D eigenvalue weighted by Crippen LogP contribution is 1.97. The summed E-state index contributed by atoms with van der Waals surface area (Å²) in [4.78, 5) is 10.8. The van der Waals surface area contributed by atoms with E-state index in [1.807, 2.05) is 6.26 Å². The zero-order valence-corrected chi connectivity index (χ0v) is 6.83. The molecule has 0 spiro atoms. The molecule has 0 unspecified atom stereocenters. The van der Waals surface area contributed by atoms with Crippen molar-refractivity contribution in [2.24, 2.45) is 0 Å². The summed E-state index contributed by atoms with van der Waals surface area (Å²) in [5, 5.41) is 5.94. The molecule has 0 bridgehead atoms. The summed E-state index contributed by atoms with van der Waals surface area (Å²) < 4.78 is 0. The third-order valence-electron chi connectivity index (χ3n) is 1.41. The van der Waals surface area contributed by atoms with Gasteiger partial charge in [0.2, 0.25) is 5.91 Å². The SMILES string of the molecule is CSC[C@H]1CNCC(=O)N1. The molecule has 10 heavy (non-hydrogen) atoms. The van der Waals surface area contributed by atoms with Crippen molar-refractivity contribution < 1.29 is 4.79 Å². The van der Waals surface area contributed by atoms with E-state index in [1.54, 1.807) is 11.8 Å². The molecule has 0 aromatic rings. The molecule has 0 radical (unpaired) electrons. The Kier molecular flexibility index (Phi) is 3.02. The quantitative estimate of drug-likeness (QED) is 0.569. The molecule has 0 saturated carbocycles. The number of carbonyl (C=O) groups is 1. The van der Waals surface area contributed by atoms with E-state index in [1.165, 1.54) is 0 Å². The predicted octanol–water partition coefficient (Wildman–Crippen LogP) is -0.563. The summed E-state index contributed by atoms with van der Waals surface area (Å²) in [5.41, 5.74) is 0. The van der Waals surface area contributed by atoms with Gasteiger partial charge in [0.05, 0.1) is 12.6 Å². The van der Waals surface area contributed by atoms with Gasteiger partial charge in [-0.1, -0.05) is 0 Å². The smallest absolute Gasteiger partial charge is 0.234 e. The Hall–Kier alpha value is -0.220. The van der Waals surface area contributed by atoms with Crippen LogP contribution >= 0.6 is 11.8 Å². The normalized spacial score (nSPS) is 26.1. The first kappa shape index (κ1) is 7.88. The van der Waals surface area contributed by atoms with E-state index in [0.717, 1.165) is 12.3 Å². The maximum Gasteiger partial charge on any atom is 0.234 e. The van der Waals surface area contributed by atoms with Crippen molar-refractivity contribution in [3.63, 3.8) is 0 Å². The minimum atomic E-state index is 0.116. The van der Waals surface area contributed by atoms with E-state index in [9.17, 15) is 4.79 Å². The molecule has 1 aliphatic heterocycles. The Morgan fingerprint density at radius 2 is 2.60 bits per heavy atom. The summed E-state index contributed by atoms with van der Waals surface area (Å²) in [5.74, 6) is 1.11. The number of hydrogen-bond acceptors (Lipinski definition) is 3. The number of piperazine rings is 1. The molecule has 1 amide bonds. The molecule has 1 aliphatic rings. The van der Waals surface area contributed by atoms with Crippen molar-refractivity contribution >= 4 is 17.7 Å². The lowest BCUT2D eigenvalue weighted by Gasteiger charge is -2.23. The van der Waals surface area contributed by atoms with Gasteiger partial charge in [-0.2, -0.15) is 11.8 Å². The Morgan fingerprint density at radius 1 is 1.80 bits per heavy atom. The second-order valence-electron chi connectivity index (χ2n) is 2.35. The third kappa shape index (κ3) is 2.19. The van der Waals surface area contributed by atoms with Gasteiger partial charge in [-0.3, -0.25) is 4.79 Å². The molecule has 0 aliphatic carbocycles. The zero-order chi connectivity index (χ0) is 7.40. The number of nitrogens with one attached hydrogen (secondary N) is 2. The average molecular weight is 160 g/mol. The second kappa shape index (κ2) is 3.83. The van der Waals surface area contributed by atoms with Gasteiger partial charge in [0.1, 0.15) is 0 Å². The van der Waals surface area contributed by atoms with Crippen LogP contribution in [0.25, 0.3) is 0 Å². The fraction of sp³-hybridized carbons (Fsp3) is 0.833. The lowest BCUT2D eigenvalue weighted by molar-refractivity contribution is -0.121. The van der Waals surface area contributed by atoms with Gasteiger partial charge in [-0.05, 0) is 6.26 Å². The van der Waals surface area contributed by atoms with Gasteiger partial charge in [-0.25, -0.2) is 0 Å².